The second-order valence-corrected chi connectivity index (χ2v) is 5.91. The van der Waals surface area contributed by atoms with E-state index >= 15 is 0 Å². The molecule has 0 saturated carbocycles. The predicted molar refractivity (Wildman–Crippen MR) is 78.5 cm³/mol. The van der Waals surface area contributed by atoms with Crippen molar-refractivity contribution in [3.63, 3.8) is 0 Å². The van der Waals surface area contributed by atoms with Crippen molar-refractivity contribution < 1.29 is 22.1 Å². The van der Waals surface area contributed by atoms with Crippen molar-refractivity contribution in [2.45, 2.75) is 11.8 Å². The molecule has 21 heavy (non-hydrogen) atoms. The Morgan fingerprint density at radius 2 is 1.52 bits per heavy atom. The molecule has 0 N–H and O–H groups in total. The van der Waals surface area contributed by atoms with Crippen LogP contribution in [0.4, 0.5) is 0 Å². The molecule has 0 aromatic heterocycles. The summed E-state index contributed by atoms with van der Waals surface area (Å²) in [4.78, 5) is 0.0889. The van der Waals surface area contributed by atoms with Gasteiger partial charge in [0.1, 0.15) is 10.6 Å². The van der Waals surface area contributed by atoms with Gasteiger partial charge in [-0.1, -0.05) is 17.7 Å². The Morgan fingerprint density at radius 3 is 2.10 bits per heavy atom. The Bertz CT molecular complexity index is 720. The fraction of sp³-hybridized carbons (Fsp3) is 0.200. The summed E-state index contributed by atoms with van der Waals surface area (Å²) < 4.78 is 39.8. The molecule has 0 spiro atoms. The third-order valence-electron chi connectivity index (χ3n) is 2.88. The normalized spacial score (nSPS) is 11.0. The van der Waals surface area contributed by atoms with Crippen molar-refractivity contribution in [1.82, 2.24) is 0 Å². The minimum absolute atomic E-state index is 0.0889. The first-order chi connectivity index (χ1) is 9.96. The van der Waals surface area contributed by atoms with Gasteiger partial charge in [0.05, 0.1) is 14.2 Å². The lowest BCUT2D eigenvalue weighted by Gasteiger charge is -2.12. The summed E-state index contributed by atoms with van der Waals surface area (Å²) in [6.07, 6.45) is 0. The zero-order valence-electron chi connectivity index (χ0n) is 12.0. The lowest BCUT2D eigenvalue weighted by Crippen LogP contribution is -2.10. The van der Waals surface area contributed by atoms with Crippen molar-refractivity contribution in [2.24, 2.45) is 0 Å². The van der Waals surface area contributed by atoms with Gasteiger partial charge in [0.2, 0.25) is 0 Å². The van der Waals surface area contributed by atoms with Gasteiger partial charge in [-0.3, -0.25) is 0 Å². The second kappa shape index (κ2) is 6.05. The molecule has 112 valence electrons. The molecule has 0 heterocycles. The molecular weight excluding hydrogens is 292 g/mol. The van der Waals surface area contributed by atoms with Gasteiger partial charge in [-0.25, -0.2) is 0 Å². The lowest BCUT2D eigenvalue weighted by atomic mass is 10.2. The van der Waals surface area contributed by atoms with Crippen molar-refractivity contribution in [3.05, 3.63) is 48.0 Å². The number of ether oxygens (including phenoxy) is 2. The van der Waals surface area contributed by atoms with Gasteiger partial charge >= 0.3 is 10.1 Å². The number of benzene rings is 2. The van der Waals surface area contributed by atoms with E-state index in [4.69, 9.17) is 13.7 Å². The monoisotopic (exact) mass is 308 g/mol. The minimum atomic E-state index is -3.90. The summed E-state index contributed by atoms with van der Waals surface area (Å²) in [5.41, 5.74) is 0.968. The SMILES string of the molecule is COc1ccc(OS(=O)(=O)c2ccc(C)cc2)c(OC)c1. The Kier molecular flexibility index (Phi) is 4.37. The average Bonchev–Trinajstić information content (AvgIpc) is 2.47. The Balaban J connectivity index is 2.34. The molecule has 0 bridgehead atoms. The number of rotatable bonds is 5. The molecule has 5 nitrogen and oxygen atoms in total. The van der Waals surface area contributed by atoms with E-state index < -0.39 is 10.1 Å². The predicted octanol–water partition coefficient (Wildman–Crippen LogP) is 2.78. The van der Waals surface area contributed by atoms with Gasteiger partial charge in [0.15, 0.2) is 11.5 Å². The highest BCUT2D eigenvalue weighted by Gasteiger charge is 2.19. The molecule has 0 unspecified atom stereocenters. The molecule has 0 fully saturated rings. The van der Waals surface area contributed by atoms with Crippen LogP contribution in [0.15, 0.2) is 47.4 Å². The van der Waals surface area contributed by atoms with E-state index in [0.29, 0.717) is 5.75 Å². The summed E-state index contributed by atoms with van der Waals surface area (Å²) in [5.74, 6) is 0.941. The van der Waals surface area contributed by atoms with Crippen molar-refractivity contribution in [2.75, 3.05) is 14.2 Å². The second-order valence-electron chi connectivity index (χ2n) is 4.37. The molecule has 2 aromatic rings. The summed E-state index contributed by atoms with van der Waals surface area (Å²) in [6.45, 7) is 1.88. The van der Waals surface area contributed by atoms with Gasteiger partial charge in [0, 0.05) is 6.07 Å². The molecule has 0 amide bonds. The molecule has 0 aliphatic rings. The van der Waals surface area contributed by atoms with Crippen LogP contribution in [-0.4, -0.2) is 22.6 Å². The van der Waals surface area contributed by atoms with Crippen LogP contribution in [0.5, 0.6) is 17.2 Å². The highest BCUT2D eigenvalue weighted by Crippen LogP contribution is 2.33. The molecule has 0 aliphatic carbocycles. The average molecular weight is 308 g/mol. The van der Waals surface area contributed by atoms with Gasteiger partial charge in [-0.2, -0.15) is 8.42 Å². The maximum atomic E-state index is 12.2. The van der Waals surface area contributed by atoms with Gasteiger partial charge < -0.3 is 13.7 Å². The van der Waals surface area contributed by atoms with E-state index in [9.17, 15) is 8.42 Å². The Labute approximate surface area is 124 Å². The van der Waals surface area contributed by atoms with Crippen LogP contribution in [0.3, 0.4) is 0 Å². The third kappa shape index (κ3) is 3.46. The summed E-state index contributed by atoms with van der Waals surface area (Å²) in [6, 6.07) is 11.1. The molecule has 0 saturated heterocycles. The molecule has 0 radical (unpaired) electrons. The number of methoxy groups -OCH3 is 2. The zero-order valence-corrected chi connectivity index (χ0v) is 12.8. The van der Waals surface area contributed by atoms with Crippen LogP contribution in [-0.2, 0) is 10.1 Å². The third-order valence-corrected chi connectivity index (χ3v) is 4.13. The van der Waals surface area contributed by atoms with Gasteiger partial charge in [-0.05, 0) is 31.2 Å². The number of hydrogen-bond donors (Lipinski definition) is 0. The molecule has 6 heteroatoms. The first-order valence-electron chi connectivity index (χ1n) is 6.19. The van der Waals surface area contributed by atoms with Crippen molar-refractivity contribution in [3.8, 4) is 17.2 Å². The Morgan fingerprint density at radius 1 is 0.857 bits per heavy atom. The van der Waals surface area contributed by atoms with E-state index in [0.717, 1.165) is 5.56 Å². The quantitative estimate of drug-likeness (QED) is 0.795. The van der Waals surface area contributed by atoms with Gasteiger partial charge in [0.25, 0.3) is 0 Å². The number of hydrogen-bond acceptors (Lipinski definition) is 5. The zero-order chi connectivity index (χ0) is 15.5. The van der Waals surface area contributed by atoms with Crippen molar-refractivity contribution in [1.29, 1.82) is 0 Å². The molecule has 2 aromatic carbocycles. The summed E-state index contributed by atoms with van der Waals surface area (Å²) in [5, 5.41) is 0. The minimum Gasteiger partial charge on any atom is -0.497 e. The van der Waals surface area contributed by atoms with Crippen LogP contribution in [0.2, 0.25) is 0 Å². The molecule has 2 rings (SSSR count). The van der Waals surface area contributed by atoms with E-state index in [2.05, 4.69) is 0 Å². The largest absolute Gasteiger partial charge is 0.497 e. The standard InChI is InChI=1S/C15H16O5S/c1-11-4-7-13(8-5-11)21(16,17)20-14-9-6-12(18-2)10-15(14)19-3/h4-10H,1-3H3. The maximum Gasteiger partial charge on any atom is 0.339 e. The van der Waals surface area contributed by atoms with Crippen molar-refractivity contribution >= 4 is 10.1 Å². The molecule has 0 aliphatic heterocycles. The first kappa shape index (κ1) is 15.2. The molecule has 0 atom stereocenters. The van der Waals surface area contributed by atoms with E-state index in [1.165, 1.54) is 32.4 Å². The fourth-order valence-electron chi connectivity index (χ4n) is 1.71. The van der Waals surface area contributed by atoms with Crippen LogP contribution < -0.4 is 13.7 Å². The van der Waals surface area contributed by atoms with Gasteiger partial charge in [-0.15, -0.1) is 0 Å². The molecular formula is C15H16O5S. The highest BCUT2D eigenvalue weighted by molar-refractivity contribution is 7.87. The van der Waals surface area contributed by atoms with E-state index in [1.807, 2.05) is 6.92 Å². The van der Waals surface area contributed by atoms with Crippen LogP contribution >= 0.6 is 0 Å². The van der Waals surface area contributed by atoms with E-state index in [-0.39, 0.29) is 16.4 Å². The van der Waals surface area contributed by atoms with Crippen LogP contribution in [0.25, 0.3) is 0 Å². The van der Waals surface area contributed by atoms with E-state index in [1.54, 1.807) is 24.3 Å². The maximum absolute atomic E-state index is 12.2. The Hall–Kier alpha value is -2.21. The number of aryl methyl sites for hydroxylation is 1. The summed E-state index contributed by atoms with van der Waals surface area (Å²) in [7, 11) is -0.960. The lowest BCUT2D eigenvalue weighted by molar-refractivity contribution is 0.378. The fourth-order valence-corrected chi connectivity index (χ4v) is 2.65. The first-order valence-corrected chi connectivity index (χ1v) is 7.60. The smallest absolute Gasteiger partial charge is 0.339 e. The highest BCUT2D eigenvalue weighted by atomic mass is 32.2. The summed E-state index contributed by atoms with van der Waals surface area (Å²) >= 11 is 0. The van der Waals surface area contributed by atoms with Crippen LogP contribution in [0, 0.1) is 6.92 Å². The van der Waals surface area contributed by atoms with Crippen LogP contribution in [0.1, 0.15) is 5.56 Å². The topological polar surface area (TPSA) is 61.8 Å².